The number of carbonyl (C=O) groups excluding carboxylic acids is 1. The van der Waals surface area contributed by atoms with E-state index in [-0.39, 0.29) is 17.4 Å². The molecule has 0 aliphatic carbocycles. The molecule has 0 aromatic carbocycles. The van der Waals surface area contributed by atoms with E-state index in [0.717, 1.165) is 0 Å². The lowest BCUT2D eigenvalue weighted by Gasteiger charge is -1.99. The van der Waals surface area contributed by atoms with Crippen LogP contribution in [0.2, 0.25) is 0 Å². The van der Waals surface area contributed by atoms with Crippen LogP contribution in [-0.2, 0) is 0 Å². The first kappa shape index (κ1) is 9.46. The molecule has 0 unspecified atom stereocenters. The Bertz CT molecular complexity index is 453. The lowest BCUT2D eigenvalue weighted by atomic mass is 10.4. The Hall–Kier alpha value is -2.09. The fraction of sp³-hybridized carbons (Fsp3) is 0. The maximum atomic E-state index is 11.5. The summed E-state index contributed by atoms with van der Waals surface area (Å²) in [5.74, 6) is -0.123. The van der Waals surface area contributed by atoms with Crippen molar-refractivity contribution in [2.45, 2.75) is 0 Å². The number of anilines is 2. The maximum absolute atomic E-state index is 11.5. The molecule has 0 fully saturated rings. The van der Waals surface area contributed by atoms with Gasteiger partial charge in [-0.3, -0.25) is 10.1 Å². The number of nitrogen functional groups attached to an aromatic ring is 1. The third-order valence-electron chi connectivity index (χ3n) is 1.48. The summed E-state index contributed by atoms with van der Waals surface area (Å²) in [6.07, 6.45) is 2.61. The molecule has 2 aromatic heterocycles. The number of nitrogens with one attached hydrogen (secondary N) is 1. The van der Waals surface area contributed by atoms with E-state index in [9.17, 15) is 4.79 Å². The molecule has 0 saturated heterocycles. The van der Waals surface area contributed by atoms with Crippen molar-refractivity contribution in [2.75, 3.05) is 11.1 Å². The van der Waals surface area contributed by atoms with Crippen molar-refractivity contribution in [1.82, 2.24) is 20.2 Å². The van der Waals surface area contributed by atoms with Gasteiger partial charge < -0.3 is 5.73 Å². The molecule has 0 aliphatic rings. The van der Waals surface area contributed by atoms with E-state index in [1.165, 1.54) is 29.2 Å². The lowest BCUT2D eigenvalue weighted by Crippen LogP contribution is -2.14. The van der Waals surface area contributed by atoms with Gasteiger partial charge in [0.2, 0.25) is 5.13 Å². The minimum atomic E-state index is -0.390. The molecule has 0 saturated carbocycles. The van der Waals surface area contributed by atoms with Crippen LogP contribution in [-0.4, -0.2) is 26.1 Å². The summed E-state index contributed by atoms with van der Waals surface area (Å²) in [4.78, 5) is 19.1. The van der Waals surface area contributed by atoms with Crippen LogP contribution >= 0.6 is 11.3 Å². The Labute approximate surface area is 88.4 Å². The summed E-state index contributed by atoms with van der Waals surface area (Å²) in [7, 11) is 0. The number of amides is 1. The highest BCUT2D eigenvalue weighted by atomic mass is 32.1. The number of hydrogen-bond donors (Lipinski definition) is 2. The number of nitrogens with two attached hydrogens (primary N) is 1. The lowest BCUT2D eigenvalue weighted by molar-refractivity contribution is 0.102. The normalized spacial score (nSPS) is 9.87. The Morgan fingerprint density at radius 1 is 1.40 bits per heavy atom. The zero-order valence-corrected chi connectivity index (χ0v) is 8.23. The summed E-state index contributed by atoms with van der Waals surface area (Å²) in [6, 6.07) is 0. The third kappa shape index (κ3) is 2.23. The average Bonchev–Trinajstić information content (AvgIpc) is 2.71. The van der Waals surface area contributed by atoms with Crippen LogP contribution in [0.3, 0.4) is 0 Å². The molecule has 0 radical (unpaired) electrons. The second-order valence-corrected chi connectivity index (χ2v) is 3.36. The highest BCUT2D eigenvalue weighted by Gasteiger charge is 2.09. The average molecular weight is 222 g/mol. The molecule has 15 heavy (non-hydrogen) atoms. The van der Waals surface area contributed by atoms with E-state index in [4.69, 9.17) is 5.73 Å². The van der Waals surface area contributed by atoms with Gasteiger partial charge in [-0.15, -0.1) is 10.2 Å². The molecule has 0 atom stereocenters. The van der Waals surface area contributed by atoms with E-state index in [1.54, 1.807) is 0 Å². The predicted molar refractivity (Wildman–Crippen MR) is 54.3 cm³/mol. The van der Waals surface area contributed by atoms with Crippen LogP contribution in [0.4, 0.5) is 10.9 Å². The summed E-state index contributed by atoms with van der Waals surface area (Å²) >= 11 is 1.22. The van der Waals surface area contributed by atoms with Crippen LogP contribution in [0.5, 0.6) is 0 Å². The number of hydrogen-bond acceptors (Lipinski definition) is 7. The van der Waals surface area contributed by atoms with Crippen molar-refractivity contribution >= 4 is 28.2 Å². The van der Waals surface area contributed by atoms with E-state index >= 15 is 0 Å². The fourth-order valence-corrected chi connectivity index (χ4v) is 1.28. The number of rotatable bonds is 2. The van der Waals surface area contributed by atoms with Gasteiger partial charge in [0.1, 0.15) is 17.0 Å². The molecule has 76 valence electrons. The molecule has 1 amide bonds. The molecule has 0 bridgehead atoms. The maximum Gasteiger partial charge on any atom is 0.277 e. The van der Waals surface area contributed by atoms with Crippen LogP contribution in [0, 0.1) is 0 Å². The molecule has 8 heteroatoms. The SMILES string of the molecule is Nc1cnc(C(=O)Nc2nncs2)cn1. The van der Waals surface area contributed by atoms with Crippen molar-refractivity contribution in [1.29, 1.82) is 0 Å². The zero-order valence-electron chi connectivity index (χ0n) is 7.41. The number of nitrogens with zero attached hydrogens (tertiary/aromatic N) is 4. The second kappa shape index (κ2) is 3.96. The van der Waals surface area contributed by atoms with Crippen molar-refractivity contribution in [3.63, 3.8) is 0 Å². The third-order valence-corrected chi connectivity index (χ3v) is 2.09. The van der Waals surface area contributed by atoms with Gasteiger partial charge in [-0.1, -0.05) is 11.3 Å². The van der Waals surface area contributed by atoms with Crippen molar-refractivity contribution in [3.8, 4) is 0 Å². The molecule has 2 aromatic rings. The summed E-state index contributed by atoms with van der Waals surface area (Å²) in [5, 5.41) is 10.2. The summed E-state index contributed by atoms with van der Waals surface area (Å²) < 4.78 is 0. The molecule has 7 nitrogen and oxygen atoms in total. The molecule has 3 N–H and O–H groups in total. The quantitative estimate of drug-likeness (QED) is 0.749. The molecule has 0 aliphatic heterocycles. The van der Waals surface area contributed by atoms with Crippen LogP contribution in [0.1, 0.15) is 10.5 Å². The predicted octanol–water partition coefficient (Wildman–Crippen LogP) is 0.163. The van der Waals surface area contributed by atoms with Gasteiger partial charge in [-0.05, 0) is 0 Å². The minimum absolute atomic E-state index is 0.180. The largest absolute Gasteiger partial charge is 0.382 e. The minimum Gasteiger partial charge on any atom is -0.382 e. The summed E-state index contributed by atoms with van der Waals surface area (Å²) in [5.41, 5.74) is 7.04. The zero-order chi connectivity index (χ0) is 10.7. The summed E-state index contributed by atoms with van der Waals surface area (Å²) in [6.45, 7) is 0. The molecular weight excluding hydrogens is 216 g/mol. The van der Waals surface area contributed by atoms with Gasteiger partial charge in [0.05, 0.1) is 12.4 Å². The highest BCUT2D eigenvalue weighted by Crippen LogP contribution is 2.09. The fourth-order valence-electron chi connectivity index (χ4n) is 0.844. The van der Waals surface area contributed by atoms with Crippen LogP contribution in [0.25, 0.3) is 0 Å². The van der Waals surface area contributed by atoms with Gasteiger partial charge >= 0.3 is 0 Å². The Morgan fingerprint density at radius 3 is 2.87 bits per heavy atom. The van der Waals surface area contributed by atoms with E-state index in [0.29, 0.717) is 5.13 Å². The second-order valence-electron chi connectivity index (χ2n) is 2.52. The van der Waals surface area contributed by atoms with Crippen LogP contribution < -0.4 is 11.1 Å². The van der Waals surface area contributed by atoms with Crippen molar-refractivity contribution < 1.29 is 4.79 Å². The first-order valence-electron chi connectivity index (χ1n) is 3.91. The van der Waals surface area contributed by atoms with Gasteiger partial charge in [0.15, 0.2) is 0 Å². The number of carbonyl (C=O) groups is 1. The van der Waals surface area contributed by atoms with Gasteiger partial charge in [0, 0.05) is 0 Å². The van der Waals surface area contributed by atoms with E-state index in [2.05, 4.69) is 25.5 Å². The van der Waals surface area contributed by atoms with Crippen molar-refractivity contribution in [2.24, 2.45) is 0 Å². The number of aromatic nitrogens is 4. The molecule has 0 spiro atoms. The standard InChI is InChI=1S/C7H6N6OS/c8-5-2-9-4(1-10-5)6(14)12-7-13-11-3-15-7/h1-3H,(H2,8,10)(H,12,13,14). The molecule has 2 rings (SSSR count). The highest BCUT2D eigenvalue weighted by molar-refractivity contribution is 7.13. The Morgan fingerprint density at radius 2 is 2.27 bits per heavy atom. The molecular formula is C7H6N6OS. The van der Waals surface area contributed by atoms with Gasteiger partial charge in [0.25, 0.3) is 5.91 Å². The Kier molecular flexibility index (Phi) is 2.50. The van der Waals surface area contributed by atoms with E-state index in [1.807, 2.05) is 0 Å². The Balaban J connectivity index is 2.11. The molecule has 2 heterocycles. The first-order valence-corrected chi connectivity index (χ1v) is 4.79. The van der Waals surface area contributed by atoms with Gasteiger partial charge in [-0.2, -0.15) is 0 Å². The van der Waals surface area contributed by atoms with Crippen LogP contribution in [0.15, 0.2) is 17.9 Å². The first-order chi connectivity index (χ1) is 7.25. The topological polar surface area (TPSA) is 107 Å². The smallest absolute Gasteiger partial charge is 0.277 e. The van der Waals surface area contributed by atoms with E-state index < -0.39 is 0 Å². The van der Waals surface area contributed by atoms with Crippen molar-refractivity contribution in [3.05, 3.63) is 23.6 Å². The monoisotopic (exact) mass is 222 g/mol. The van der Waals surface area contributed by atoms with Gasteiger partial charge in [-0.25, -0.2) is 9.97 Å².